The molecule has 0 saturated heterocycles. The number of hydrogen-bond donors (Lipinski definition) is 2. The fraction of sp³-hybridized carbons (Fsp3) is 0.879. The lowest BCUT2D eigenvalue weighted by molar-refractivity contribution is -0.153. The van der Waals surface area contributed by atoms with Gasteiger partial charge in [0.2, 0.25) is 0 Å². The molecule has 0 aliphatic rings. The summed E-state index contributed by atoms with van der Waals surface area (Å²) in [4.78, 5) is 42.3. The molecule has 0 unspecified atom stereocenters. The number of ketones is 2. The van der Waals surface area contributed by atoms with E-state index in [9.17, 15) is 19.2 Å². The Morgan fingerprint density at radius 2 is 0.872 bits per heavy atom. The van der Waals surface area contributed by atoms with Crippen LogP contribution < -0.4 is 0 Å². The molecule has 0 heterocycles. The summed E-state index contributed by atoms with van der Waals surface area (Å²) in [7, 11) is 0. The number of hydrogen-bond acceptors (Lipinski definition) is 4. The maximum Gasteiger partial charge on any atom is 0.309 e. The summed E-state index contributed by atoms with van der Waals surface area (Å²) in [5.74, 6) is -0.864. The number of carbonyl (C=O) groups is 4. The third-order valence-corrected chi connectivity index (χ3v) is 7.34. The largest absolute Gasteiger partial charge is 0.481 e. The summed E-state index contributed by atoms with van der Waals surface area (Å²) in [6.45, 7) is 34.8. The van der Waals surface area contributed by atoms with Crippen LogP contribution in [0.3, 0.4) is 0 Å². The second kappa shape index (κ2) is 18.6. The van der Waals surface area contributed by atoms with Crippen molar-refractivity contribution in [3.8, 4) is 0 Å². The summed E-state index contributed by atoms with van der Waals surface area (Å²) < 4.78 is 0. The molecule has 6 nitrogen and oxygen atoms in total. The van der Waals surface area contributed by atoms with E-state index < -0.39 is 22.8 Å². The molecule has 0 radical (unpaired) electrons. The Morgan fingerprint density at radius 1 is 0.564 bits per heavy atom. The molecule has 0 aromatic rings. The second-order valence-corrected chi connectivity index (χ2v) is 15.1. The molecule has 0 amide bonds. The Bertz CT molecular complexity index is 715. The van der Waals surface area contributed by atoms with Crippen molar-refractivity contribution >= 4 is 23.5 Å². The van der Waals surface area contributed by atoms with Crippen LogP contribution in [0.5, 0.6) is 0 Å². The minimum absolute atomic E-state index is 0. The van der Waals surface area contributed by atoms with E-state index >= 15 is 0 Å². The summed E-state index contributed by atoms with van der Waals surface area (Å²) in [6, 6.07) is 0. The van der Waals surface area contributed by atoms with Gasteiger partial charge in [-0.3, -0.25) is 14.4 Å². The Kier molecular flexibility index (Phi) is 23.9. The van der Waals surface area contributed by atoms with Crippen molar-refractivity contribution in [2.24, 2.45) is 32.5 Å². The van der Waals surface area contributed by atoms with Gasteiger partial charge in [-0.25, -0.2) is 0 Å². The fourth-order valence-corrected chi connectivity index (χ4v) is 1.71. The molecule has 0 aliphatic carbocycles. The molecule has 0 aromatic carbocycles. The molecule has 0 atom stereocenters. The predicted molar refractivity (Wildman–Crippen MR) is 169 cm³/mol. The molecule has 0 aliphatic heterocycles. The van der Waals surface area contributed by atoms with Crippen molar-refractivity contribution in [2.45, 2.75) is 159 Å². The topological polar surface area (TPSA) is 109 Å². The third kappa shape index (κ3) is 23.8. The zero-order chi connectivity index (χ0) is 31.4. The maximum atomic E-state index is 10.8. The van der Waals surface area contributed by atoms with E-state index in [0.717, 1.165) is 6.42 Å². The number of Topliss-reactive ketones (excluding diaryl/α,β-unsaturated/α-hetero) is 2. The molecule has 0 saturated carbocycles. The highest BCUT2D eigenvalue weighted by atomic mass is 16.4. The monoisotopic (exact) mass is 563 g/mol. The summed E-state index contributed by atoms with van der Waals surface area (Å²) >= 11 is 0. The first-order valence-corrected chi connectivity index (χ1v) is 13.3. The Hall–Kier alpha value is -1.72. The van der Waals surface area contributed by atoms with Crippen LogP contribution in [0.25, 0.3) is 0 Å². The highest BCUT2D eigenvalue weighted by molar-refractivity contribution is 5.83. The zero-order valence-corrected chi connectivity index (χ0v) is 27.6. The van der Waals surface area contributed by atoms with Gasteiger partial charge in [-0.1, -0.05) is 97.9 Å². The van der Waals surface area contributed by atoms with Crippen molar-refractivity contribution in [3.05, 3.63) is 0 Å². The number of carbonyl (C=O) groups excluding carboxylic acids is 2. The van der Waals surface area contributed by atoms with Crippen molar-refractivity contribution in [1.82, 2.24) is 0 Å². The van der Waals surface area contributed by atoms with Crippen LogP contribution in [0.15, 0.2) is 0 Å². The molecule has 0 fully saturated rings. The van der Waals surface area contributed by atoms with E-state index in [-0.39, 0.29) is 36.5 Å². The Morgan fingerprint density at radius 3 is 0.949 bits per heavy atom. The molecule has 238 valence electrons. The summed E-state index contributed by atoms with van der Waals surface area (Å²) in [5, 5.41) is 17.0. The maximum absolute atomic E-state index is 10.8. The van der Waals surface area contributed by atoms with Gasteiger partial charge in [-0.2, -0.15) is 0 Å². The summed E-state index contributed by atoms with van der Waals surface area (Å²) in [6.07, 6.45) is 2.36. The average molecular weight is 563 g/mol. The van der Waals surface area contributed by atoms with Crippen LogP contribution >= 0.6 is 0 Å². The van der Waals surface area contributed by atoms with Crippen LogP contribution in [0.2, 0.25) is 0 Å². The molecule has 0 spiro atoms. The zero-order valence-electron chi connectivity index (χ0n) is 27.6. The van der Waals surface area contributed by atoms with E-state index in [2.05, 4.69) is 34.6 Å². The molecule has 6 heteroatoms. The number of aliphatic carboxylic acids is 2. The van der Waals surface area contributed by atoms with Crippen LogP contribution in [-0.4, -0.2) is 33.7 Å². The fourth-order valence-electron chi connectivity index (χ4n) is 1.71. The average Bonchev–Trinajstić information content (AvgIpc) is 2.63. The van der Waals surface area contributed by atoms with Crippen molar-refractivity contribution in [2.75, 3.05) is 0 Å². The first-order valence-electron chi connectivity index (χ1n) is 13.3. The molecule has 0 aromatic heterocycles. The lowest BCUT2D eigenvalue weighted by Crippen LogP contribution is -2.37. The molecule has 0 rings (SSSR count). The first-order chi connectivity index (χ1) is 15.8. The number of carboxylic acid groups (broad SMARTS) is 2. The van der Waals surface area contributed by atoms with Crippen molar-refractivity contribution in [3.63, 3.8) is 0 Å². The lowest BCUT2D eigenvalue weighted by atomic mass is 9.67. The molecular formula is C33H70O6. The lowest BCUT2D eigenvalue weighted by Gasteiger charge is -2.38. The van der Waals surface area contributed by atoms with E-state index in [0.29, 0.717) is 24.4 Å². The highest BCUT2D eigenvalue weighted by Crippen LogP contribution is 2.41. The standard InChI is InChI=1S/C11H22O.C8H16O2.C7H14O.C5H10O2.2CH4/c1-9(12)7-8-11(5,6)10(2,3)4;1-7(2,3)8(4,5)6(9)10;1-5-6(8)7(2,3)4;1-5(2,3)4(6)7;;/h7-8H2,1-6H3;1-5H3,(H,9,10);5H2,1-4H3;1-3H3,(H,6,7);2*1H4. The van der Waals surface area contributed by atoms with Crippen LogP contribution in [-0.2, 0) is 19.2 Å². The second-order valence-electron chi connectivity index (χ2n) is 15.1. The molecule has 2 N–H and O–H groups in total. The van der Waals surface area contributed by atoms with Crippen LogP contribution in [0, 0.1) is 32.5 Å². The van der Waals surface area contributed by atoms with Crippen molar-refractivity contribution < 1.29 is 29.4 Å². The van der Waals surface area contributed by atoms with Gasteiger partial charge in [-0.05, 0) is 64.2 Å². The van der Waals surface area contributed by atoms with E-state index in [4.69, 9.17) is 10.2 Å². The smallest absolute Gasteiger partial charge is 0.309 e. The Labute approximate surface area is 244 Å². The number of carboxylic acids is 2. The van der Waals surface area contributed by atoms with E-state index in [1.807, 2.05) is 48.5 Å². The van der Waals surface area contributed by atoms with Gasteiger partial charge in [0, 0.05) is 18.3 Å². The normalized spacial score (nSPS) is 11.8. The molecule has 39 heavy (non-hydrogen) atoms. The van der Waals surface area contributed by atoms with Crippen LogP contribution in [0.1, 0.15) is 159 Å². The third-order valence-electron chi connectivity index (χ3n) is 7.34. The SMILES string of the molecule is C.C.CC(=O)CCC(C)(C)C(C)(C)C.CC(C)(C)C(=O)O.CC(C)(C)C(C)(C)C(=O)O.CCC(=O)C(C)(C)C. The quantitative estimate of drug-likeness (QED) is 0.345. The van der Waals surface area contributed by atoms with Gasteiger partial charge in [-0.15, -0.1) is 0 Å². The van der Waals surface area contributed by atoms with Crippen LogP contribution in [0.4, 0.5) is 0 Å². The Balaban J connectivity index is -0.0000000933. The van der Waals surface area contributed by atoms with Crippen molar-refractivity contribution in [1.29, 1.82) is 0 Å². The van der Waals surface area contributed by atoms with Gasteiger partial charge < -0.3 is 15.0 Å². The number of rotatable bonds is 5. The van der Waals surface area contributed by atoms with Gasteiger partial charge in [0.05, 0.1) is 10.8 Å². The van der Waals surface area contributed by atoms with E-state index in [1.54, 1.807) is 41.5 Å². The van der Waals surface area contributed by atoms with Gasteiger partial charge in [0.25, 0.3) is 0 Å². The highest BCUT2D eigenvalue weighted by Gasteiger charge is 2.39. The molecular weight excluding hydrogens is 492 g/mol. The first kappa shape index (κ1) is 50.2. The molecule has 0 bridgehead atoms. The van der Waals surface area contributed by atoms with E-state index in [1.165, 1.54) is 0 Å². The van der Waals surface area contributed by atoms with Gasteiger partial charge in [0.1, 0.15) is 11.6 Å². The van der Waals surface area contributed by atoms with Gasteiger partial charge >= 0.3 is 11.9 Å². The predicted octanol–water partition coefficient (Wildman–Crippen LogP) is 9.97. The van der Waals surface area contributed by atoms with Gasteiger partial charge in [0.15, 0.2) is 0 Å². The minimum atomic E-state index is -0.757. The summed E-state index contributed by atoms with van der Waals surface area (Å²) in [5.41, 5.74) is -1.01. The minimum Gasteiger partial charge on any atom is -0.481 e.